The first kappa shape index (κ1) is 8.47. The van der Waals surface area contributed by atoms with Crippen molar-refractivity contribution in [1.29, 1.82) is 0 Å². The van der Waals surface area contributed by atoms with E-state index in [9.17, 15) is 4.79 Å². The molecule has 1 N–H and O–H groups in total. The van der Waals surface area contributed by atoms with Crippen LogP contribution in [0.1, 0.15) is 24.6 Å². The van der Waals surface area contributed by atoms with Gasteiger partial charge in [-0.1, -0.05) is 0 Å². The molecule has 4 nitrogen and oxygen atoms in total. The molecule has 0 aromatic carbocycles. The summed E-state index contributed by atoms with van der Waals surface area (Å²) in [5.41, 5.74) is 1.44. The maximum atomic E-state index is 11.4. The maximum Gasteiger partial charge on any atom is 0.251 e. The number of furan rings is 1. The highest BCUT2D eigenvalue weighted by Gasteiger charge is 2.26. The SMILES string of the molecule is O=c1cc(-c2ccoc2)nc(C2CC2)[nH]1. The largest absolute Gasteiger partial charge is 0.472 e. The Balaban J connectivity index is 2.11. The summed E-state index contributed by atoms with van der Waals surface area (Å²) >= 11 is 0. The summed E-state index contributed by atoms with van der Waals surface area (Å²) in [7, 11) is 0. The van der Waals surface area contributed by atoms with E-state index in [1.807, 2.05) is 0 Å². The fourth-order valence-electron chi connectivity index (χ4n) is 1.58. The summed E-state index contributed by atoms with van der Waals surface area (Å²) in [5, 5.41) is 0. The van der Waals surface area contributed by atoms with E-state index in [1.54, 1.807) is 18.6 Å². The number of aromatic amines is 1. The molecule has 0 atom stereocenters. The zero-order valence-electron chi connectivity index (χ0n) is 8.06. The van der Waals surface area contributed by atoms with Gasteiger partial charge in [0.15, 0.2) is 0 Å². The predicted octanol–water partition coefficient (Wildman–Crippen LogP) is 1.91. The van der Waals surface area contributed by atoms with Crippen molar-refractivity contribution >= 4 is 0 Å². The van der Waals surface area contributed by atoms with Gasteiger partial charge >= 0.3 is 0 Å². The smallest absolute Gasteiger partial charge is 0.251 e. The molecule has 1 fully saturated rings. The number of hydrogen-bond acceptors (Lipinski definition) is 3. The second kappa shape index (κ2) is 3.08. The fraction of sp³-hybridized carbons (Fsp3) is 0.273. The molecule has 1 aliphatic carbocycles. The zero-order chi connectivity index (χ0) is 10.3. The molecule has 0 amide bonds. The Hall–Kier alpha value is -1.84. The van der Waals surface area contributed by atoms with Crippen LogP contribution in [0.4, 0.5) is 0 Å². The van der Waals surface area contributed by atoms with E-state index < -0.39 is 0 Å². The molecule has 1 aliphatic rings. The minimum Gasteiger partial charge on any atom is -0.472 e. The molecule has 2 aromatic rings. The summed E-state index contributed by atoms with van der Waals surface area (Å²) in [5.74, 6) is 1.25. The van der Waals surface area contributed by atoms with E-state index in [-0.39, 0.29) is 5.56 Å². The molecule has 76 valence electrons. The molecule has 0 radical (unpaired) electrons. The molecule has 4 heteroatoms. The summed E-state index contributed by atoms with van der Waals surface area (Å²) in [4.78, 5) is 18.6. The lowest BCUT2D eigenvalue weighted by atomic mass is 10.2. The van der Waals surface area contributed by atoms with E-state index >= 15 is 0 Å². The molecule has 0 aliphatic heterocycles. The third kappa shape index (κ3) is 1.58. The average molecular weight is 202 g/mol. The number of nitrogens with zero attached hydrogens (tertiary/aromatic N) is 1. The van der Waals surface area contributed by atoms with Crippen LogP contribution in [-0.2, 0) is 0 Å². The van der Waals surface area contributed by atoms with Gasteiger partial charge in [-0.3, -0.25) is 4.79 Å². The third-order valence-corrected chi connectivity index (χ3v) is 2.54. The Morgan fingerprint density at radius 1 is 1.47 bits per heavy atom. The molecule has 0 bridgehead atoms. The molecule has 0 spiro atoms. The quantitative estimate of drug-likeness (QED) is 0.809. The van der Waals surface area contributed by atoms with Crippen LogP contribution >= 0.6 is 0 Å². The van der Waals surface area contributed by atoms with Gasteiger partial charge in [0.2, 0.25) is 0 Å². The van der Waals surface area contributed by atoms with Gasteiger partial charge in [0.05, 0.1) is 18.2 Å². The van der Waals surface area contributed by atoms with Crippen LogP contribution in [-0.4, -0.2) is 9.97 Å². The molecular formula is C11H10N2O2. The van der Waals surface area contributed by atoms with E-state index in [1.165, 1.54) is 6.07 Å². The highest BCUT2D eigenvalue weighted by Crippen LogP contribution is 2.37. The van der Waals surface area contributed by atoms with Gasteiger partial charge in [-0.05, 0) is 18.9 Å². The van der Waals surface area contributed by atoms with E-state index in [2.05, 4.69) is 9.97 Å². The van der Waals surface area contributed by atoms with Crippen LogP contribution in [0.5, 0.6) is 0 Å². The zero-order valence-corrected chi connectivity index (χ0v) is 8.06. The van der Waals surface area contributed by atoms with Gasteiger partial charge in [0, 0.05) is 17.5 Å². The van der Waals surface area contributed by atoms with E-state index in [4.69, 9.17) is 4.42 Å². The van der Waals surface area contributed by atoms with Crippen molar-refractivity contribution in [3.8, 4) is 11.3 Å². The first-order valence-electron chi connectivity index (χ1n) is 4.97. The number of aromatic nitrogens is 2. The van der Waals surface area contributed by atoms with E-state index in [0.717, 1.165) is 24.2 Å². The van der Waals surface area contributed by atoms with Crippen molar-refractivity contribution in [1.82, 2.24) is 9.97 Å². The highest BCUT2D eigenvalue weighted by atomic mass is 16.3. The van der Waals surface area contributed by atoms with Gasteiger partial charge in [0.25, 0.3) is 5.56 Å². The normalized spacial score (nSPS) is 15.5. The van der Waals surface area contributed by atoms with E-state index in [0.29, 0.717) is 11.6 Å². The molecule has 0 saturated heterocycles. The molecule has 3 rings (SSSR count). The van der Waals surface area contributed by atoms with Crippen LogP contribution in [0.25, 0.3) is 11.3 Å². The molecule has 15 heavy (non-hydrogen) atoms. The van der Waals surface area contributed by atoms with Crippen LogP contribution < -0.4 is 5.56 Å². The summed E-state index contributed by atoms with van der Waals surface area (Å²) in [6.45, 7) is 0. The Morgan fingerprint density at radius 2 is 2.33 bits per heavy atom. The first-order valence-corrected chi connectivity index (χ1v) is 4.97. The lowest BCUT2D eigenvalue weighted by molar-refractivity contribution is 0.568. The Morgan fingerprint density at radius 3 is 3.00 bits per heavy atom. The van der Waals surface area contributed by atoms with Crippen LogP contribution in [0.2, 0.25) is 0 Å². The van der Waals surface area contributed by atoms with Gasteiger partial charge in [-0.15, -0.1) is 0 Å². The lowest BCUT2D eigenvalue weighted by Gasteiger charge is -2.00. The summed E-state index contributed by atoms with van der Waals surface area (Å²) in [6.07, 6.45) is 5.42. The molecule has 2 heterocycles. The van der Waals surface area contributed by atoms with Gasteiger partial charge in [0.1, 0.15) is 5.82 Å². The summed E-state index contributed by atoms with van der Waals surface area (Å²) < 4.78 is 4.97. The number of rotatable bonds is 2. The second-order valence-corrected chi connectivity index (χ2v) is 3.80. The lowest BCUT2D eigenvalue weighted by Crippen LogP contribution is -2.10. The van der Waals surface area contributed by atoms with Crippen LogP contribution in [0, 0.1) is 0 Å². The van der Waals surface area contributed by atoms with Crippen molar-refractivity contribution in [2.75, 3.05) is 0 Å². The van der Waals surface area contributed by atoms with Crippen LogP contribution in [0.3, 0.4) is 0 Å². The number of hydrogen-bond donors (Lipinski definition) is 1. The van der Waals surface area contributed by atoms with Gasteiger partial charge in [-0.25, -0.2) is 4.98 Å². The average Bonchev–Trinajstić information content (AvgIpc) is 2.93. The van der Waals surface area contributed by atoms with Gasteiger partial charge < -0.3 is 9.40 Å². The topological polar surface area (TPSA) is 58.9 Å². The molecule has 2 aromatic heterocycles. The maximum absolute atomic E-state index is 11.4. The molecule has 0 unspecified atom stereocenters. The van der Waals surface area contributed by atoms with Gasteiger partial charge in [-0.2, -0.15) is 0 Å². The highest BCUT2D eigenvalue weighted by molar-refractivity contribution is 5.56. The minimum absolute atomic E-state index is 0.0944. The fourth-order valence-corrected chi connectivity index (χ4v) is 1.58. The Kier molecular flexibility index (Phi) is 1.74. The van der Waals surface area contributed by atoms with Crippen molar-refractivity contribution in [3.05, 3.63) is 40.8 Å². The summed E-state index contributed by atoms with van der Waals surface area (Å²) in [6, 6.07) is 3.30. The monoisotopic (exact) mass is 202 g/mol. The number of nitrogens with one attached hydrogen (secondary N) is 1. The van der Waals surface area contributed by atoms with Crippen LogP contribution in [0.15, 0.2) is 33.9 Å². The molecule has 1 saturated carbocycles. The predicted molar refractivity (Wildman–Crippen MR) is 54.5 cm³/mol. The second-order valence-electron chi connectivity index (χ2n) is 3.80. The Labute approximate surface area is 86.0 Å². The van der Waals surface area contributed by atoms with Crippen molar-refractivity contribution in [2.45, 2.75) is 18.8 Å². The Bertz CT molecular complexity index is 524. The third-order valence-electron chi connectivity index (χ3n) is 2.54. The van der Waals surface area contributed by atoms with Crippen molar-refractivity contribution in [3.63, 3.8) is 0 Å². The molecular weight excluding hydrogens is 192 g/mol. The minimum atomic E-state index is -0.0944. The number of H-pyrrole nitrogens is 1. The van der Waals surface area contributed by atoms with Crippen molar-refractivity contribution < 1.29 is 4.42 Å². The standard InChI is InChI=1S/C11H10N2O2/c14-10-5-9(8-3-4-15-6-8)12-11(13-10)7-1-2-7/h3-7H,1-2H2,(H,12,13,14). The first-order chi connectivity index (χ1) is 7.33. The van der Waals surface area contributed by atoms with Crippen molar-refractivity contribution in [2.24, 2.45) is 0 Å².